The van der Waals surface area contributed by atoms with Gasteiger partial charge >= 0.3 is 12.1 Å². The minimum Gasteiger partial charge on any atom is -0.493 e. The molecule has 3 heterocycles. The monoisotopic (exact) mass is 529 g/mol. The Labute approximate surface area is 226 Å². The molecule has 0 saturated carbocycles. The normalized spacial score (nSPS) is 13.5. The number of fused-ring (bicyclic) bond motifs is 2. The van der Waals surface area contributed by atoms with E-state index in [0.717, 1.165) is 35.9 Å². The van der Waals surface area contributed by atoms with Crippen LogP contribution in [0.15, 0.2) is 55.0 Å². The standard InChI is InChI=1S/C29H31N5O5/c1-38-29(37)31-16-19-12-21(17-30-15-19)27(14-28(35)36)34-26-9-8-24(13-22(26)18-32-34)39-11-10-23-7-6-20-4-2-3-5-25(20)33-23/h6-9,12-13,15,17-18,27H,2-5,10-11,14,16H2,1H3,(H,31,37)(H,35,36). The van der Waals surface area contributed by atoms with E-state index in [4.69, 9.17) is 9.72 Å². The highest BCUT2D eigenvalue weighted by Gasteiger charge is 2.22. The molecule has 1 aliphatic carbocycles. The van der Waals surface area contributed by atoms with Crippen LogP contribution >= 0.6 is 0 Å². The molecule has 1 amide bonds. The average Bonchev–Trinajstić information content (AvgIpc) is 3.37. The molecular weight excluding hydrogens is 498 g/mol. The summed E-state index contributed by atoms with van der Waals surface area (Å²) in [5.41, 5.74) is 5.80. The van der Waals surface area contributed by atoms with Crippen LogP contribution in [0, 0.1) is 0 Å². The molecule has 39 heavy (non-hydrogen) atoms. The van der Waals surface area contributed by atoms with Crippen molar-refractivity contribution in [1.29, 1.82) is 0 Å². The number of benzene rings is 1. The number of rotatable bonds is 10. The summed E-state index contributed by atoms with van der Waals surface area (Å²) < 4.78 is 12.3. The number of pyridine rings is 2. The van der Waals surface area contributed by atoms with Gasteiger partial charge in [0.05, 0.1) is 37.9 Å². The van der Waals surface area contributed by atoms with Crippen LogP contribution in [0.25, 0.3) is 10.9 Å². The molecule has 1 aliphatic rings. The van der Waals surface area contributed by atoms with Gasteiger partial charge in [-0.15, -0.1) is 0 Å². The number of aryl methyl sites for hydroxylation is 2. The molecule has 0 aliphatic heterocycles. The van der Waals surface area contributed by atoms with Gasteiger partial charge in [-0.2, -0.15) is 5.10 Å². The summed E-state index contributed by atoms with van der Waals surface area (Å²) in [6.07, 6.45) is 9.54. The maximum atomic E-state index is 11.8. The van der Waals surface area contributed by atoms with Crippen molar-refractivity contribution >= 4 is 23.0 Å². The highest BCUT2D eigenvalue weighted by Crippen LogP contribution is 2.29. The molecule has 0 fully saturated rings. The number of aromatic nitrogens is 4. The lowest BCUT2D eigenvalue weighted by molar-refractivity contribution is -0.137. The minimum absolute atomic E-state index is 0.182. The van der Waals surface area contributed by atoms with Gasteiger partial charge in [-0.05, 0) is 72.7 Å². The number of aliphatic carboxylic acids is 1. The van der Waals surface area contributed by atoms with E-state index < -0.39 is 18.1 Å². The van der Waals surface area contributed by atoms with E-state index in [2.05, 4.69) is 32.3 Å². The van der Waals surface area contributed by atoms with Crippen molar-refractivity contribution in [3.8, 4) is 5.75 Å². The van der Waals surface area contributed by atoms with Crippen LogP contribution in [-0.2, 0) is 35.3 Å². The van der Waals surface area contributed by atoms with Crippen LogP contribution in [0.3, 0.4) is 0 Å². The molecule has 0 saturated heterocycles. The second kappa shape index (κ2) is 11.9. The molecule has 4 aromatic rings. The Hall–Kier alpha value is -4.47. The fourth-order valence-electron chi connectivity index (χ4n) is 4.95. The Kier molecular flexibility index (Phi) is 8.00. The molecule has 202 valence electrons. The minimum atomic E-state index is -0.961. The average molecular weight is 530 g/mol. The Morgan fingerprint density at radius 1 is 1.10 bits per heavy atom. The SMILES string of the molecule is COC(=O)NCc1cncc(C(CC(=O)O)n2ncc3cc(OCCc4ccc5c(n4)CCCC5)ccc32)c1. The highest BCUT2D eigenvalue weighted by molar-refractivity contribution is 5.81. The Morgan fingerprint density at radius 2 is 1.97 bits per heavy atom. The van der Waals surface area contributed by atoms with Gasteiger partial charge < -0.3 is 19.9 Å². The van der Waals surface area contributed by atoms with Crippen molar-refractivity contribution in [2.45, 2.75) is 51.1 Å². The number of carbonyl (C=O) groups is 2. The predicted molar refractivity (Wildman–Crippen MR) is 144 cm³/mol. The number of nitrogens with zero attached hydrogens (tertiary/aromatic N) is 4. The van der Waals surface area contributed by atoms with Gasteiger partial charge in [0.25, 0.3) is 0 Å². The number of methoxy groups -OCH3 is 1. The number of hydrogen-bond acceptors (Lipinski definition) is 7. The number of carboxylic acid groups (broad SMARTS) is 1. The molecule has 10 heteroatoms. The maximum absolute atomic E-state index is 11.8. The van der Waals surface area contributed by atoms with Gasteiger partial charge in [-0.1, -0.05) is 6.07 Å². The summed E-state index contributed by atoms with van der Waals surface area (Å²) in [6, 6.07) is 11.2. The molecule has 1 aromatic carbocycles. The first-order chi connectivity index (χ1) is 19.0. The van der Waals surface area contributed by atoms with Gasteiger partial charge in [0.1, 0.15) is 5.75 Å². The second-order valence-electron chi connectivity index (χ2n) is 9.61. The van der Waals surface area contributed by atoms with Crippen molar-refractivity contribution in [3.63, 3.8) is 0 Å². The third-order valence-electron chi connectivity index (χ3n) is 6.92. The number of alkyl carbamates (subject to hydrolysis) is 1. The zero-order valence-electron chi connectivity index (χ0n) is 21.8. The summed E-state index contributed by atoms with van der Waals surface area (Å²) >= 11 is 0. The number of ether oxygens (including phenoxy) is 2. The smallest absolute Gasteiger partial charge is 0.407 e. The Bertz CT molecular complexity index is 1480. The highest BCUT2D eigenvalue weighted by atomic mass is 16.5. The lowest BCUT2D eigenvalue weighted by Gasteiger charge is -2.18. The van der Waals surface area contributed by atoms with Crippen LogP contribution in [0.2, 0.25) is 0 Å². The molecule has 3 aromatic heterocycles. The van der Waals surface area contributed by atoms with Crippen LogP contribution in [-0.4, -0.2) is 50.6 Å². The molecular formula is C29H31N5O5. The second-order valence-corrected chi connectivity index (χ2v) is 9.61. The van der Waals surface area contributed by atoms with E-state index >= 15 is 0 Å². The lowest BCUT2D eigenvalue weighted by Crippen LogP contribution is -2.23. The van der Waals surface area contributed by atoms with Crippen LogP contribution in [0.1, 0.15) is 53.4 Å². The van der Waals surface area contributed by atoms with E-state index in [1.165, 1.54) is 31.2 Å². The topological polar surface area (TPSA) is 128 Å². The third kappa shape index (κ3) is 6.34. The molecule has 1 atom stereocenters. The van der Waals surface area contributed by atoms with Gasteiger partial charge in [0.15, 0.2) is 0 Å². The molecule has 2 N–H and O–H groups in total. The molecule has 10 nitrogen and oxygen atoms in total. The first-order valence-electron chi connectivity index (χ1n) is 13.1. The molecule has 1 unspecified atom stereocenters. The largest absolute Gasteiger partial charge is 0.493 e. The molecule has 0 bridgehead atoms. The summed E-state index contributed by atoms with van der Waals surface area (Å²) in [6.45, 7) is 0.708. The van der Waals surface area contributed by atoms with E-state index in [0.29, 0.717) is 23.5 Å². The molecule has 0 spiro atoms. The van der Waals surface area contributed by atoms with Gasteiger partial charge in [0, 0.05) is 42.1 Å². The fraction of sp³-hybridized carbons (Fsp3) is 0.345. The zero-order valence-corrected chi connectivity index (χ0v) is 21.8. The fourth-order valence-corrected chi connectivity index (χ4v) is 4.95. The lowest BCUT2D eigenvalue weighted by atomic mass is 9.96. The van der Waals surface area contributed by atoms with Crippen LogP contribution in [0.5, 0.6) is 5.75 Å². The Balaban J connectivity index is 1.30. The number of carboxylic acids is 1. The summed E-state index contributed by atoms with van der Waals surface area (Å²) in [7, 11) is 1.29. The quantitative estimate of drug-likeness (QED) is 0.312. The third-order valence-corrected chi connectivity index (χ3v) is 6.92. The van der Waals surface area contributed by atoms with Crippen LogP contribution < -0.4 is 10.1 Å². The van der Waals surface area contributed by atoms with Gasteiger partial charge in [-0.3, -0.25) is 19.4 Å². The van der Waals surface area contributed by atoms with E-state index in [-0.39, 0.29) is 13.0 Å². The summed E-state index contributed by atoms with van der Waals surface area (Å²) in [5, 5.41) is 17.6. The first-order valence-corrected chi connectivity index (χ1v) is 13.1. The number of nitrogens with one attached hydrogen (secondary N) is 1. The van der Waals surface area contributed by atoms with Gasteiger partial charge in [0.2, 0.25) is 0 Å². The van der Waals surface area contributed by atoms with Gasteiger partial charge in [-0.25, -0.2) is 4.79 Å². The summed E-state index contributed by atoms with van der Waals surface area (Å²) in [5.74, 6) is -0.246. The van der Waals surface area contributed by atoms with Crippen molar-refractivity contribution in [1.82, 2.24) is 25.1 Å². The first kappa shape index (κ1) is 26.1. The van der Waals surface area contributed by atoms with Crippen LogP contribution in [0.4, 0.5) is 4.79 Å². The Morgan fingerprint density at radius 3 is 2.82 bits per heavy atom. The number of hydrogen-bond donors (Lipinski definition) is 2. The van der Waals surface area contributed by atoms with E-state index in [1.807, 2.05) is 24.3 Å². The number of carbonyl (C=O) groups excluding carboxylic acids is 1. The van der Waals surface area contributed by atoms with Crippen molar-refractivity contribution in [2.75, 3.05) is 13.7 Å². The molecule has 5 rings (SSSR count). The van der Waals surface area contributed by atoms with Crippen molar-refractivity contribution in [3.05, 3.63) is 83.1 Å². The number of amides is 1. The molecule has 0 radical (unpaired) electrons. The summed E-state index contributed by atoms with van der Waals surface area (Å²) in [4.78, 5) is 32.3. The zero-order chi connectivity index (χ0) is 27.2. The van der Waals surface area contributed by atoms with Crippen molar-refractivity contribution in [2.24, 2.45) is 0 Å². The van der Waals surface area contributed by atoms with Crippen molar-refractivity contribution < 1.29 is 24.2 Å². The maximum Gasteiger partial charge on any atom is 0.407 e. The predicted octanol–water partition coefficient (Wildman–Crippen LogP) is 4.25. The van der Waals surface area contributed by atoms with E-state index in [1.54, 1.807) is 23.3 Å². The van der Waals surface area contributed by atoms with E-state index in [9.17, 15) is 14.7 Å².